The number of esters is 1. The normalized spacial score (nSPS) is 20.8. The van der Waals surface area contributed by atoms with Crippen molar-refractivity contribution in [2.45, 2.75) is 25.4 Å². The van der Waals surface area contributed by atoms with Crippen molar-refractivity contribution in [1.82, 2.24) is 5.32 Å². The van der Waals surface area contributed by atoms with Crippen LogP contribution in [0.5, 0.6) is 0 Å². The largest absolute Gasteiger partial charge is 0.478 e. The van der Waals surface area contributed by atoms with E-state index in [0.29, 0.717) is 0 Å². The zero-order valence-corrected chi connectivity index (χ0v) is 13.4. The van der Waals surface area contributed by atoms with Crippen LogP contribution in [-0.4, -0.2) is 30.1 Å². The fraction of sp³-hybridized carbons (Fsp3) is 0.294. The van der Waals surface area contributed by atoms with Crippen molar-refractivity contribution in [2.24, 2.45) is 0 Å². The number of rotatable bonds is 4. The molecule has 0 saturated heterocycles. The third-order valence-electron chi connectivity index (χ3n) is 4.34. The molecule has 3 rings (SSSR count). The van der Waals surface area contributed by atoms with Gasteiger partial charge < -0.3 is 15.2 Å². The average molecular weight is 371 g/mol. The van der Waals surface area contributed by atoms with E-state index in [1.807, 2.05) is 0 Å². The Labute approximate surface area is 144 Å². The highest BCUT2D eigenvalue weighted by atomic mass is 19.3. The van der Waals surface area contributed by atoms with E-state index in [-0.39, 0.29) is 34.7 Å². The fourth-order valence-electron chi connectivity index (χ4n) is 3.28. The van der Waals surface area contributed by atoms with Crippen LogP contribution in [0.25, 0.3) is 0 Å². The van der Waals surface area contributed by atoms with Crippen LogP contribution in [0.2, 0.25) is 0 Å². The van der Waals surface area contributed by atoms with Crippen LogP contribution in [0.1, 0.15) is 30.1 Å². The van der Waals surface area contributed by atoms with Crippen LogP contribution < -0.4 is 5.32 Å². The maximum absolute atomic E-state index is 14.2. The molecular weight excluding hydrogens is 358 g/mol. The van der Waals surface area contributed by atoms with Gasteiger partial charge in [-0.25, -0.2) is 27.2 Å². The molecule has 0 saturated carbocycles. The van der Waals surface area contributed by atoms with E-state index >= 15 is 0 Å². The first kappa shape index (κ1) is 18.0. The predicted molar refractivity (Wildman–Crippen MR) is 80.5 cm³/mol. The second-order valence-electron chi connectivity index (χ2n) is 5.85. The number of hydrogen-bond acceptors (Lipinski definition) is 4. The van der Waals surface area contributed by atoms with Crippen molar-refractivity contribution >= 4 is 11.9 Å². The van der Waals surface area contributed by atoms with Crippen LogP contribution in [-0.2, 0) is 14.3 Å². The van der Waals surface area contributed by atoms with Gasteiger partial charge in [0.1, 0.15) is 12.4 Å². The predicted octanol–water partition coefficient (Wildman–Crippen LogP) is 2.96. The molecular formula is C17H13F4NO4. The van der Waals surface area contributed by atoms with E-state index in [4.69, 9.17) is 4.74 Å². The third-order valence-corrected chi connectivity index (χ3v) is 4.34. The van der Waals surface area contributed by atoms with Crippen molar-refractivity contribution < 1.29 is 37.0 Å². The number of nitrogens with one attached hydrogen (secondary N) is 1. The summed E-state index contributed by atoms with van der Waals surface area (Å²) >= 11 is 0. The smallest absolute Gasteiger partial charge is 0.337 e. The first-order valence-corrected chi connectivity index (χ1v) is 7.55. The van der Waals surface area contributed by atoms with Gasteiger partial charge in [0.2, 0.25) is 0 Å². The van der Waals surface area contributed by atoms with Crippen molar-refractivity contribution in [3.63, 3.8) is 0 Å². The molecule has 26 heavy (non-hydrogen) atoms. The summed E-state index contributed by atoms with van der Waals surface area (Å²) in [4.78, 5) is 23.8. The molecule has 0 fully saturated rings. The molecule has 2 heterocycles. The second kappa shape index (κ2) is 6.47. The number of dihydropyridines is 1. The summed E-state index contributed by atoms with van der Waals surface area (Å²) in [5.41, 5.74) is -1.46. The lowest BCUT2D eigenvalue weighted by molar-refractivity contribution is -0.136. The molecule has 2 aliphatic heterocycles. The highest BCUT2D eigenvalue weighted by molar-refractivity contribution is 6.00. The maximum atomic E-state index is 14.2. The van der Waals surface area contributed by atoms with Gasteiger partial charge in [-0.2, -0.15) is 0 Å². The summed E-state index contributed by atoms with van der Waals surface area (Å²) in [5, 5.41) is 12.3. The molecule has 2 N–H and O–H groups in total. The van der Waals surface area contributed by atoms with E-state index in [1.54, 1.807) is 0 Å². The maximum Gasteiger partial charge on any atom is 0.337 e. The van der Waals surface area contributed by atoms with Gasteiger partial charge in [0.25, 0.3) is 6.43 Å². The molecule has 5 nitrogen and oxygen atoms in total. The number of hydrogen-bond donors (Lipinski definition) is 2. The number of allylic oxidation sites excluding steroid dienone is 1. The molecule has 0 radical (unpaired) electrons. The minimum absolute atomic E-state index is 0.127. The molecule has 2 unspecified atom stereocenters. The number of alkyl halides is 3. The monoisotopic (exact) mass is 371 g/mol. The van der Waals surface area contributed by atoms with Crippen LogP contribution >= 0.6 is 0 Å². The van der Waals surface area contributed by atoms with Gasteiger partial charge in [-0.05, 0) is 18.6 Å². The number of cyclic esters (lactones) is 1. The van der Waals surface area contributed by atoms with Crippen LogP contribution in [0.15, 0.2) is 40.7 Å². The summed E-state index contributed by atoms with van der Waals surface area (Å²) in [6, 6.07) is 3.08. The molecule has 0 spiro atoms. The topological polar surface area (TPSA) is 75.6 Å². The third kappa shape index (κ3) is 2.73. The second-order valence-corrected chi connectivity index (χ2v) is 5.85. The van der Waals surface area contributed by atoms with Gasteiger partial charge in [0.15, 0.2) is 6.17 Å². The Hall–Kier alpha value is -2.84. The Morgan fingerprint density at radius 2 is 2.04 bits per heavy atom. The van der Waals surface area contributed by atoms with E-state index in [0.717, 1.165) is 18.2 Å². The first-order valence-electron chi connectivity index (χ1n) is 7.55. The number of carbonyl (C=O) groups excluding carboxylic acids is 1. The molecule has 0 aliphatic carbocycles. The number of carboxylic acid groups (broad SMARTS) is 1. The minimum atomic E-state index is -3.52. The van der Waals surface area contributed by atoms with E-state index in [1.165, 1.54) is 6.92 Å². The highest BCUT2D eigenvalue weighted by Crippen LogP contribution is 2.44. The summed E-state index contributed by atoms with van der Waals surface area (Å²) < 4.78 is 59.0. The minimum Gasteiger partial charge on any atom is -0.478 e. The summed E-state index contributed by atoms with van der Waals surface area (Å²) in [6.07, 6.45) is -6.49. The van der Waals surface area contributed by atoms with Gasteiger partial charge in [-0.1, -0.05) is 12.1 Å². The number of aliphatic carboxylic acids is 1. The van der Waals surface area contributed by atoms with Gasteiger partial charge in [0, 0.05) is 11.3 Å². The standard InChI is InChI=1S/C17H13F4NO4/c1-6-10(16(23)24)12(13-9(22-6)5-26-17(13)25)7-3-2-4-8(18)11(7)14(19)15(20)21/h2-4,12,14-15,22H,5H2,1H3,(H,23,24). The van der Waals surface area contributed by atoms with Crippen molar-refractivity contribution in [2.75, 3.05) is 6.61 Å². The quantitative estimate of drug-likeness (QED) is 0.629. The lowest BCUT2D eigenvalue weighted by atomic mass is 9.78. The molecule has 138 valence electrons. The van der Waals surface area contributed by atoms with Gasteiger partial charge >= 0.3 is 11.9 Å². The number of benzene rings is 1. The Balaban J connectivity index is 2.28. The Morgan fingerprint density at radius 3 is 2.65 bits per heavy atom. The first-order chi connectivity index (χ1) is 12.2. The van der Waals surface area contributed by atoms with Crippen LogP contribution in [0.4, 0.5) is 17.6 Å². The molecule has 0 amide bonds. The molecule has 2 aliphatic rings. The van der Waals surface area contributed by atoms with E-state index in [9.17, 15) is 32.3 Å². The zero-order valence-electron chi connectivity index (χ0n) is 13.4. The Kier molecular flexibility index (Phi) is 4.47. The SMILES string of the molecule is CC1=C(C(=O)O)C(c2cccc(F)c2C(F)C(F)F)C2=C(COC2=O)N1. The lowest BCUT2D eigenvalue weighted by Crippen LogP contribution is -2.30. The van der Waals surface area contributed by atoms with Crippen LogP contribution in [0, 0.1) is 5.82 Å². The summed E-state index contributed by atoms with van der Waals surface area (Å²) in [5.74, 6) is -4.99. The molecule has 1 aromatic rings. The highest BCUT2D eigenvalue weighted by Gasteiger charge is 2.43. The summed E-state index contributed by atoms with van der Waals surface area (Å²) in [6.45, 7) is 1.23. The number of carbonyl (C=O) groups is 2. The molecule has 9 heteroatoms. The number of halogens is 4. The van der Waals surface area contributed by atoms with Crippen molar-refractivity contribution in [1.29, 1.82) is 0 Å². The summed E-state index contributed by atoms with van der Waals surface area (Å²) in [7, 11) is 0. The average Bonchev–Trinajstić information content (AvgIpc) is 2.93. The van der Waals surface area contributed by atoms with Crippen molar-refractivity contribution in [3.8, 4) is 0 Å². The van der Waals surface area contributed by atoms with Crippen molar-refractivity contribution in [3.05, 3.63) is 57.7 Å². The zero-order chi connectivity index (χ0) is 19.2. The lowest BCUT2D eigenvalue weighted by Gasteiger charge is -2.28. The molecule has 1 aromatic carbocycles. The number of carboxylic acids is 1. The van der Waals surface area contributed by atoms with E-state index in [2.05, 4.69) is 5.32 Å². The Morgan fingerprint density at radius 1 is 1.35 bits per heavy atom. The van der Waals surface area contributed by atoms with Gasteiger partial charge in [-0.15, -0.1) is 0 Å². The number of ether oxygens (including phenoxy) is 1. The molecule has 0 bridgehead atoms. The Bertz CT molecular complexity index is 860. The van der Waals surface area contributed by atoms with Gasteiger partial charge in [-0.3, -0.25) is 0 Å². The van der Waals surface area contributed by atoms with Gasteiger partial charge in [0.05, 0.1) is 22.8 Å². The fourth-order valence-corrected chi connectivity index (χ4v) is 3.28. The molecule has 2 atom stereocenters. The molecule has 0 aromatic heterocycles. The van der Waals surface area contributed by atoms with E-state index < -0.39 is 41.8 Å². The van der Waals surface area contributed by atoms with Crippen LogP contribution in [0.3, 0.4) is 0 Å².